The van der Waals surface area contributed by atoms with Gasteiger partial charge in [0.2, 0.25) is 0 Å². The van der Waals surface area contributed by atoms with Crippen LogP contribution in [-0.4, -0.2) is 15.6 Å². The van der Waals surface area contributed by atoms with E-state index in [1.54, 1.807) is 0 Å². The lowest BCUT2D eigenvalue weighted by Crippen LogP contribution is -2.10. The molecule has 0 spiro atoms. The average Bonchev–Trinajstić information content (AvgIpc) is 2.88. The van der Waals surface area contributed by atoms with Crippen LogP contribution in [0, 0.1) is 0 Å². The summed E-state index contributed by atoms with van der Waals surface area (Å²) in [5, 5.41) is 4.35. The Morgan fingerprint density at radius 1 is 1.26 bits per heavy atom. The third-order valence-electron chi connectivity index (χ3n) is 3.68. The van der Waals surface area contributed by atoms with E-state index < -0.39 is 0 Å². The summed E-state index contributed by atoms with van der Waals surface area (Å²) in [4.78, 5) is 12.0. The fourth-order valence-electron chi connectivity index (χ4n) is 2.67. The highest BCUT2D eigenvalue weighted by atomic mass is 16.1. The van der Waals surface area contributed by atoms with E-state index in [9.17, 15) is 4.79 Å². The van der Waals surface area contributed by atoms with Crippen molar-refractivity contribution >= 4 is 5.78 Å². The Labute approximate surface area is 113 Å². The van der Waals surface area contributed by atoms with Crippen molar-refractivity contribution in [2.45, 2.75) is 39.2 Å². The maximum absolute atomic E-state index is 12.0. The maximum atomic E-state index is 12.0. The molecule has 3 heteroatoms. The molecule has 0 saturated heterocycles. The van der Waals surface area contributed by atoms with E-state index in [1.807, 2.05) is 16.9 Å². The first-order chi connectivity index (χ1) is 9.28. The number of hydrogen-bond acceptors (Lipinski definition) is 2. The second-order valence-electron chi connectivity index (χ2n) is 5.14. The van der Waals surface area contributed by atoms with E-state index in [2.05, 4.69) is 30.4 Å². The van der Waals surface area contributed by atoms with Crippen molar-refractivity contribution in [2.75, 3.05) is 0 Å². The van der Waals surface area contributed by atoms with Gasteiger partial charge < -0.3 is 0 Å². The van der Waals surface area contributed by atoms with Gasteiger partial charge in [-0.3, -0.25) is 9.48 Å². The number of aryl methyl sites for hydroxylation is 2. The number of aromatic nitrogens is 2. The normalized spacial score (nSPS) is 14.5. The predicted octanol–water partition coefficient (Wildman–Crippen LogP) is 3.48. The smallest absolute Gasteiger partial charge is 0.163 e. The first kappa shape index (κ1) is 12.2. The predicted molar refractivity (Wildman–Crippen MR) is 75.2 cm³/mol. The number of fused-ring (bicyclic) bond motifs is 1. The van der Waals surface area contributed by atoms with Crippen LogP contribution in [0.2, 0.25) is 0 Å². The number of hydrogen-bond donors (Lipinski definition) is 0. The van der Waals surface area contributed by atoms with Gasteiger partial charge >= 0.3 is 0 Å². The van der Waals surface area contributed by atoms with Crippen molar-refractivity contribution in [3.63, 3.8) is 0 Å². The van der Waals surface area contributed by atoms with Gasteiger partial charge in [0.1, 0.15) is 0 Å². The van der Waals surface area contributed by atoms with Gasteiger partial charge in [-0.1, -0.05) is 19.1 Å². The summed E-state index contributed by atoms with van der Waals surface area (Å²) in [5.41, 5.74) is 4.29. The molecule has 19 heavy (non-hydrogen) atoms. The molecule has 0 unspecified atom stereocenters. The third-order valence-corrected chi connectivity index (χ3v) is 3.68. The number of rotatable bonds is 3. The van der Waals surface area contributed by atoms with Crippen LogP contribution in [0.25, 0.3) is 11.1 Å². The molecule has 1 aliphatic carbocycles. The van der Waals surface area contributed by atoms with Crippen molar-refractivity contribution < 1.29 is 4.79 Å². The minimum Gasteiger partial charge on any atom is -0.294 e. The minimum atomic E-state index is 0.282. The molecule has 0 aliphatic heterocycles. The fraction of sp³-hybridized carbons (Fsp3) is 0.375. The molecule has 0 fully saturated rings. The van der Waals surface area contributed by atoms with Crippen LogP contribution in [0.5, 0.6) is 0 Å². The van der Waals surface area contributed by atoms with Gasteiger partial charge in [0, 0.05) is 30.3 Å². The number of benzene rings is 1. The Morgan fingerprint density at radius 3 is 3.00 bits per heavy atom. The molecule has 0 bridgehead atoms. The van der Waals surface area contributed by atoms with Gasteiger partial charge in [-0.2, -0.15) is 5.10 Å². The molecular weight excluding hydrogens is 236 g/mol. The second-order valence-corrected chi connectivity index (χ2v) is 5.14. The monoisotopic (exact) mass is 254 g/mol. The van der Waals surface area contributed by atoms with E-state index in [0.29, 0.717) is 6.42 Å². The topological polar surface area (TPSA) is 34.9 Å². The zero-order valence-electron chi connectivity index (χ0n) is 11.2. The van der Waals surface area contributed by atoms with Crippen LogP contribution in [0.3, 0.4) is 0 Å². The summed E-state index contributed by atoms with van der Waals surface area (Å²) < 4.78 is 1.95. The molecular formula is C16H18N2O. The quantitative estimate of drug-likeness (QED) is 0.840. The van der Waals surface area contributed by atoms with E-state index >= 15 is 0 Å². The number of carbonyl (C=O) groups excluding carboxylic acids is 1. The van der Waals surface area contributed by atoms with E-state index in [-0.39, 0.29) is 5.78 Å². The molecule has 3 rings (SSSR count). The van der Waals surface area contributed by atoms with Gasteiger partial charge in [0.15, 0.2) is 5.78 Å². The number of carbonyl (C=O) groups is 1. The van der Waals surface area contributed by atoms with Gasteiger partial charge in [0.25, 0.3) is 0 Å². The Morgan fingerprint density at radius 2 is 2.16 bits per heavy atom. The van der Waals surface area contributed by atoms with Gasteiger partial charge in [-0.15, -0.1) is 0 Å². The number of ketones is 1. The fourth-order valence-corrected chi connectivity index (χ4v) is 2.67. The van der Waals surface area contributed by atoms with E-state index in [0.717, 1.165) is 42.5 Å². The summed E-state index contributed by atoms with van der Waals surface area (Å²) in [6, 6.07) is 6.23. The molecule has 1 heterocycles. The minimum absolute atomic E-state index is 0.282. The first-order valence-electron chi connectivity index (χ1n) is 6.97. The van der Waals surface area contributed by atoms with Crippen LogP contribution in [-0.2, 0) is 13.0 Å². The maximum Gasteiger partial charge on any atom is 0.163 e. The summed E-state index contributed by atoms with van der Waals surface area (Å²) in [6.45, 7) is 3.07. The average molecular weight is 254 g/mol. The molecule has 0 saturated carbocycles. The molecule has 3 nitrogen and oxygen atoms in total. The first-order valence-corrected chi connectivity index (χ1v) is 6.97. The van der Waals surface area contributed by atoms with Crippen molar-refractivity contribution in [3.05, 3.63) is 41.7 Å². The van der Waals surface area contributed by atoms with Crippen molar-refractivity contribution in [1.29, 1.82) is 0 Å². The summed E-state index contributed by atoms with van der Waals surface area (Å²) in [5.74, 6) is 0.282. The lowest BCUT2D eigenvalue weighted by molar-refractivity contribution is 0.0972. The molecule has 0 amide bonds. The SMILES string of the molecule is CCCn1cc(-c2ccc3c(c2)C(=O)CCC3)cn1. The number of Topliss-reactive ketones (excluding diaryl/α,β-unsaturated/α-hetero) is 1. The zero-order valence-corrected chi connectivity index (χ0v) is 11.2. The lowest BCUT2D eigenvalue weighted by atomic mass is 9.88. The summed E-state index contributed by atoms with van der Waals surface area (Å²) in [6.07, 6.45) is 7.70. The molecule has 0 N–H and O–H groups in total. The van der Waals surface area contributed by atoms with Crippen molar-refractivity contribution in [2.24, 2.45) is 0 Å². The van der Waals surface area contributed by atoms with Crippen LogP contribution >= 0.6 is 0 Å². The van der Waals surface area contributed by atoms with E-state index in [4.69, 9.17) is 0 Å². The molecule has 1 aromatic heterocycles. The third kappa shape index (κ3) is 2.33. The number of nitrogens with zero attached hydrogens (tertiary/aromatic N) is 2. The van der Waals surface area contributed by atoms with E-state index in [1.165, 1.54) is 5.56 Å². The lowest BCUT2D eigenvalue weighted by Gasteiger charge is -2.15. The van der Waals surface area contributed by atoms with Crippen molar-refractivity contribution in [3.8, 4) is 11.1 Å². The Bertz CT molecular complexity index is 613. The Hall–Kier alpha value is -1.90. The van der Waals surface area contributed by atoms with Gasteiger partial charge in [-0.05, 0) is 36.5 Å². The standard InChI is InChI=1S/C16H18N2O/c1-2-8-18-11-14(10-17-18)13-7-6-12-4-3-5-16(19)15(12)9-13/h6-7,9-11H,2-5,8H2,1H3. The summed E-state index contributed by atoms with van der Waals surface area (Å²) >= 11 is 0. The highest BCUT2D eigenvalue weighted by Gasteiger charge is 2.17. The second kappa shape index (κ2) is 5.00. The molecule has 1 aromatic carbocycles. The summed E-state index contributed by atoms with van der Waals surface area (Å²) in [7, 11) is 0. The molecule has 0 atom stereocenters. The van der Waals surface area contributed by atoms with Crippen molar-refractivity contribution in [1.82, 2.24) is 9.78 Å². The van der Waals surface area contributed by atoms with Crippen LogP contribution in [0.15, 0.2) is 30.6 Å². The Balaban J connectivity index is 1.96. The zero-order chi connectivity index (χ0) is 13.2. The molecule has 98 valence electrons. The highest BCUT2D eigenvalue weighted by molar-refractivity contribution is 5.99. The Kier molecular flexibility index (Phi) is 3.20. The van der Waals surface area contributed by atoms with Crippen LogP contribution < -0.4 is 0 Å². The van der Waals surface area contributed by atoms with Crippen LogP contribution in [0.4, 0.5) is 0 Å². The van der Waals surface area contributed by atoms with Gasteiger partial charge in [0.05, 0.1) is 6.20 Å². The van der Waals surface area contributed by atoms with Crippen LogP contribution in [0.1, 0.15) is 42.1 Å². The molecule has 2 aromatic rings. The van der Waals surface area contributed by atoms with Gasteiger partial charge in [-0.25, -0.2) is 0 Å². The molecule has 1 aliphatic rings. The highest BCUT2D eigenvalue weighted by Crippen LogP contribution is 2.27. The molecule has 0 radical (unpaired) electrons. The largest absolute Gasteiger partial charge is 0.294 e.